The van der Waals surface area contributed by atoms with E-state index in [1.165, 1.54) is 6.07 Å². The van der Waals surface area contributed by atoms with Crippen LogP contribution in [-0.2, 0) is 16.2 Å². The van der Waals surface area contributed by atoms with Gasteiger partial charge in [-0.2, -0.15) is 0 Å². The van der Waals surface area contributed by atoms with E-state index >= 15 is 0 Å². The number of aromatic amines is 1. The molecule has 4 aromatic rings. The number of benzene rings is 1. The summed E-state index contributed by atoms with van der Waals surface area (Å²) in [6, 6.07) is 5.20. The molecular weight excluding hydrogens is 572 g/mol. The summed E-state index contributed by atoms with van der Waals surface area (Å²) < 4.78 is 15.1. The van der Waals surface area contributed by atoms with Crippen LogP contribution in [0.25, 0.3) is 27.6 Å². The summed E-state index contributed by atoms with van der Waals surface area (Å²) in [5.41, 5.74) is 1.65. The Balaban J connectivity index is 1.38. The van der Waals surface area contributed by atoms with Gasteiger partial charge in [0.2, 0.25) is 0 Å². The fourth-order valence-corrected chi connectivity index (χ4v) is 6.69. The Morgan fingerprint density at radius 3 is 2.57 bits per heavy atom. The standard InChI is InChI=1S/C32H40N2O10/c1-17-10-23(36)21-11-19-12-26(44-41-16-25(38)29(40)28(39)24(37)15-35)32(2,20-6-4-3-5-7-20)43-30(19)27(31(21)42-17)34-13-18-8-9-33-22(18)14-34/h8-11,13-14,20,24-26,28-29,33,35,37-40H,3-7,12,15-16H2,1-2H3/t24-,25+,26-,28-,29-,32-/m1/s1. The Morgan fingerprint density at radius 2 is 1.84 bits per heavy atom. The normalized spacial score (nSPS) is 23.8. The van der Waals surface area contributed by atoms with Crippen molar-refractivity contribution in [2.75, 3.05) is 13.2 Å². The van der Waals surface area contributed by atoms with Crippen molar-refractivity contribution in [1.82, 2.24) is 9.55 Å². The van der Waals surface area contributed by atoms with E-state index in [9.17, 15) is 25.2 Å². The monoisotopic (exact) mass is 612 g/mol. The molecule has 2 aliphatic rings. The third-order valence-electron chi connectivity index (χ3n) is 9.30. The summed E-state index contributed by atoms with van der Waals surface area (Å²) in [6.45, 7) is 2.44. The molecule has 0 bridgehead atoms. The summed E-state index contributed by atoms with van der Waals surface area (Å²) >= 11 is 0. The first-order valence-corrected chi connectivity index (χ1v) is 15.2. The average molecular weight is 613 g/mol. The van der Waals surface area contributed by atoms with E-state index in [1.807, 2.05) is 36.1 Å². The molecule has 0 unspecified atom stereocenters. The van der Waals surface area contributed by atoms with Gasteiger partial charge in [0, 0.05) is 47.9 Å². The highest BCUT2D eigenvalue weighted by molar-refractivity contribution is 5.91. The third-order valence-corrected chi connectivity index (χ3v) is 9.30. The molecule has 12 nitrogen and oxygen atoms in total. The Morgan fingerprint density at radius 1 is 1.09 bits per heavy atom. The predicted octanol–water partition coefficient (Wildman–Crippen LogP) is 2.40. The number of aryl methyl sites for hydroxylation is 1. The molecule has 6 N–H and O–H groups in total. The van der Waals surface area contributed by atoms with Crippen LogP contribution in [0.5, 0.6) is 5.75 Å². The highest BCUT2D eigenvalue weighted by Gasteiger charge is 2.50. The predicted molar refractivity (Wildman–Crippen MR) is 160 cm³/mol. The van der Waals surface area contributed by atoms with Gasteiger partial charge in [-0.05, 0) is 38.8 Å². The highest BCUT2D eigenvalue weighted by Crippen LogP contribution is 2.48. The quantitative estimate of drug-likeness (QED) is 0.115. The van der Waals surface area contributed by atoms with E-state index in [-0.39, 0.29) is 11.3 Å². The molecule has 0 spiro atoms. The Kier molecular flexibility index (Phi) is 8.59. The van der Waals surface area contributed by atoms with Crippen LogP contribution < -0.4 is 10.2 Å². The number of nitrogens with zero attached hydrogens (tertiary/aromatic N) is 1. The molecule has 12 heteroatoms. The van der Waals surface area contributed by atoms with Crippen molar-refractivity contribution in [2.24, 2.45) is 5.92 Å². The Hall–Kier alpha value is -3.23. The number of hydrogen-bond acceptors (Lipinski definition) is 10. The van der Waals surface area contributed by atoms with Gasteiger partial charge in [0.25, 0.3) is 0 Å². The minimum absolute atomic E-state index is 0.113. The lowest BCUT2D eigenvalue weighted by atomic mass is 9.72. The first-order chi connectivity index (χ1) is 21.1. The summed E-state index contributed by atoms with van der Waals surface area (Å²) in [5, 5.41) is 50.6. The fourth-order valence-electron chi connectivity index (χ4n) is 6.69. The van der Waals surface area contributed by atoms with Crippen LogP contribution in [0.4, 0.5) is 0 Å². The van der Waals surface area contributed by atoms with Gasteiger partial charge in [-0.15, -0.1) is 0 Å². The zero-order valence-electron chi connectivity index (χ0n) is 24.8. The van der Waals surface area contributed by atoms with Gasteiger partial charge >= 0.3 is 0 Å². The second-order valence-electron chi connectivity index (χ2n) is 12.3. The zero-order valence-corrected chi connectivity index (χ0v) is 24.8. The number of rotatable bonds is 10. The molecular formula is C32H40N2O10. The molecule has 0 saturated heterocycles. The Bertz CT molecular complexity index is 1640. The van der Waals surface area contributed by atoms with Gasteiger partial charge in [0.1, 0.15) is 54.2 Å². The number of ether oxygens (including phenoxy) is 1. The van der Waals surface area contributed by atoms with Crippen molar-refractivity contribution in [1.29, 1.82) is 0 Å². The Labute approximate surface area is 253 Å². The number of aromatic nitrogens is 2. The molecule has 0 amide bonds. The van der Waals surface area contributed by atoms with Crippen LogP contribution in [0.1, 0.15) is 50.4 Å². The summed E-state index contributed by atoms with van der Waals surface area (Å²) in [4.78, 5) is 27.8. The second-order valence-corrected chi connectivity index (χ2v) is 12.3. The minimum Gasteiger partial charge on any atom is -0.482 e. The molecule has 6 atom stereocenters. The molecule has 0 radical (unpaired) electrons. The van der Waals surface area contributed by atoms with Crippen molar-refractivity contribution in [3.63, 3.8) is 0 Å². The molecule has 1 saturated carbocycles. The van der Waals surface area contributed by atoms with Gasteiger partial charge < -0.3 is 44.2 Å². The molecule has 1 fully saturated rings. The van der Waals surface area contributed by atoms with E-state index in [2.05, 4.69) is 4.98 Å². The van der Waals surface area contributed by atoms with Crippen LogP contribution in [0.15, 0.2) is 46.0 Å². The van der Waals surface area contributed by atoms with Gasteiger partial charge in [0.05, 0.1) is 17.5 Å². The lowest BCUT2D eigenvalue weighted by Gasteiger charge is -2.47. The molecule has 1 aliphatic heterocycles. The summed E-state index contributed by atoms with van der Waals surface area (Å²) in [5.74, 6) is 1.19. The molecule has 3 aromatic heterocycles. The SMILES string of the molecule is Cc1cc(=O)c2cc3c(c(-n4cc5cc[nH]c5c4)c2o1)O[C@](C)(C1CCCCC1)[C@H](OOC[C@H](O)[C@@H](O)[C@H](O)[C@H](O)CO)C3. The van der Waals surface area contributed by atoms with Crippen LogP contribution in [-0.4, -0.2) is 84.4 Å². The fraction of sp³-hybridized carbons (Fsp3) is 0.531. The number of hydrogen-bond donors (Lipinski definition) is 6. The third kappa shape index (κ3) is 5.56. The number of H-pyrrole nitrogens is 1. The number of aliphatic hydroxyl groups excluding tert-OH is 5. The topological polar surface area (TPSA) is 180 Å². The lowest BCUT2D eigenvalue weighted by Crippen LogP contribution is -2.56. The first kappa shape index (κ1) is 30.8. The molecule has 44 heavy (non-hydrogen) atoms. The van der Waals surface area contributed by atoms with Gasteiger partial charge in [-0.1, -0.05) is 19.3 Å². The van der Waals surface area contributed by atoms with Crippen LogP contribution in [0.3, 0.4) is 0 Å². The molecule has 238 valence electrons. The maximum absolute atomic E-state index is 13.2. The van der Waals surface area contributed by atoms with Gasteiger partial charge in [-0.25, -0.2) is 9.78 Å². The van der Waals surface area contributed by atoms with Gasteiger partial charge in [0.15, 0.2) is 16.8 Å². The van der Waals surface area contributed by atoms with Crippen LogP contribution in [0.2, 0.25) is 0 Å². The van der Waals surface area contributed by atoms with E-state index in [1.54, 1.807) is 13.0 Å². The van der Waals surface area contributed by atoms with Crippen molar-refractivity contribution < 1.29 is 44.5 Å². The van der Waals surface area contributed by atoms with Crippen molar-refractivity contribution in [3.05, 3.63) is 58.3 Å². The molecule has 1 aliphatic carbocycles. The maximum atomic E-state index is 13.2. The number of aliphatic hydroxyl groups is 5. The lowest BCUT2D eigenvalue weighted by molar-refractivity contribution is -0.364. The molecule has 1 aromatic carbocycles. The number of fused-ring (bicyclic) bond motifs is 3. The molecule has 6 rings (SSSR count). The van der Waals surface area contributed by atoms with Crippen LogP contribution >= 0.6 is 0 Å². The zero-order chi connectivity index (χ0) is 31.2. The summed E-state index contributed by atoms with van der Waals surface area (Å²) in [7, 11) is 0. The van der Waals surface area contributed by atoms with Crippen molar-refractivity contribution in [3.8, 4) is 11.4 Å². The van der Waals surface area contributed by atoms with E-state index in [4.69, 9.17) is 24.0 Å². The van der Waals surface area contributed by atoms with E-state index in [0.29, 0.717) is 34.6 Å². The van der Waals surface area contributed by atoms with Crippen molar-refractivity contribution >= 4 is 21.9 Å². The second kappa shape index (κ2) is 12.3. The first-order valence-electron chi connectivity index (χ1n) is 15.2. The highest BCUT2D eigenvalue weighted by atomic mass is 17.2. The smallest absolute Gasteiger partial charge is 0.193 e. The van der Waals surface area contributed by atoms with E-state index < -0.39 is 49.3 Å². The van der Waals surface area contributed by atoms with Gasteiger partial charge in [-0.3, -0.25) is 4.79 Å². The van der Waals surface area contributed by atoms with Crippen LogP contribution in [0, 0.1) is 12.8 Å². The summed E-state index contributed by atoms with van der Waals surface area (Å²) in [6.07, 6.45) is 3.69. The van der Waals surface area contributed by atoms with E-state index in [0.717, 1.165) is 48.6 Å². The largest absolute Gasteiger partial charge is 0.482 e. The maximum Gasteiger partial charge on any atom is 0.193 e. The average Bonchev–Trinajstić information content (AvgIpc) is 3.62. The minimum atomic E-state index is -1.78. The number of nitrogens with one attached hydrogen (secondary N) is 1. The molecule has 4 heterocycles. The van der Waals surface area contributed by atoms with Crippen molar-refractivity contribution in [2.45, 2.75) is 88.5 Å².